The Labute approximate surface area is 167 Å². The van der Waals surface area contributed by atoms with Crippen molar-refractivity contribution >= 4 is 11.6 Å². The smallest absolute Gasteiger partial charge is 0.244 e. The number of hydrogen-bond donors (Lipinski definition) is 2. The molecule has 28 heavy (non-hydrogen) atoms. The summed E-state index contributed by atoms with van der Waals surface area (Å²) in [6.45, 7) is 2.53. The summed E-state index contributed by atoms with van der Waals surface area (Å²) in [6, 6.07) is 17.2. The van der Waals surface area contributed by atoms with Crippen molar-refractivity contribution in [2.45, 2.75) is 12.8 Å². The summed E-state index contributed by atoms with van der Waals surface area (Å²) in [7, 11) is 0. The number of nitrogens with two attached hydrogens (primary N) is 1. The van der Waals surface area contributed by atoms with Crippen molar-refractivity contribution in [2.24, 2.45) is 5.73 Å². The minimum absolute atomic E-state index is 0.0460. The van der Waals surface area contributed by atoms with Crippen LogP contribution in [0.25, 0.3) is 11.3 Å². The van der Waals surface area contributed by atoms with Crippen molar-refractivity contribution < 1.29 is 9.47 Å². The summed E-state index contributed by atoms with van der Waals surface area (Å²) in [4.78, 5) is 0. The number of allylic oxidation sites excluding steroid dienone is 1. The van der Waals surface area contributed by atoms with Gasteiger partial charge in [-0.25, -0.2) is 0 Å². The van der Waals surface area contributed by atoms with Gasteiger partial charge in [0.1, 0.15) is 17.4 Å². The van der Waals surface area contributed by atoms with E-state index in [1.54, 1.807) is 6.07 Å². The van der Waals surface area contributed by atoms with E-state index in [4.69, 9.17) is 26.8 Å². The maximum Gasteiger partial charge on any atom is 0.244 e. The van der Waals surface area contributed by atoms with E-state index in [1.165, 1.54) is 0 Å². The lowest BCUT2D eigenvalue weighted by molar-refractivity contribution is 0.340. The van der Waals surface area contributed by atoms with Crippen LogP contribution >= 0.6 is 11.6 Å². The monoisotopic (exact) mass is 392 g/mol. The lowest BCUT2D eigenvalue weighted by atomic mass is 9.83. The molecule has 140 valence electrons. The van der Waals surface area contributed by atoms with E-state index in [2.05, 4.69) is 16.3 Å². The summed E-state index contributed by atoms with van der Waals surface area (Å²) in [6.07, 6.45) is 0. The van der Waals surface area contributed by atoms with Gasteiger partial charge in [-0.2, -0.15) is 5.26 Å². The van der Waals surface area contributed by atoms with E-state index in [0.717, 1.165) is 28.1 Å². The van der Waals surface area contributed by atoms with Crippen LogP contribution in [-0.4, -0.2) is 16.8 Å². The van der Waals surface area contributed by atoms with Gasteiger partial charge in [-0.3, -0.25) is 5.10 Å². The van der Waals surface area contributed by atoms with Crippen molar-refractivity contribution in [2.75, 3.05) is 6.61 Å². The normalized spacial score (nSPS) is 15.5. The van der Waals surface area contributed by atoms with Gasteiger partial charge in [0.05, 0.1) is 23.8 Å². The fraction of sp³-hybridized carbons (Fsp3) is 0.143. The third kappa shape index (κ3) is 3.06. The Morgan fingerprint density at radius 1 is 1.29 bits per heavy atom. The first-order chi connectivity index (χ1) is 13.6. The second-order valence-electron chi connectivity index (χ2n) is 6.25. The van der Waals surface area contributed by atoms with E-state index in [1.807, 2.05) is 49.4 Å². The largest absolute Gasteiger partial charge is 0.494 e. The Balaban J connectivity index is 1.87. The number of benzene rings is 2. The molecule has 1 atom stereocenters. The highest BCUT2D eigenvalue weighted by atomic mass is 35.5. The molecule has 0 saturated heterocycles. The van der Waals surface area contributed by atoms with Crippen LogP contribution in [0.5, 0.6) is 11.6 Å². The number of halogens is 1. The van der Waals surface area contributed by atoms with Gasteiger partial charge in [0.15, 0.2) is 0 Å². The number of fused-ring (bicyclic) bond motifs is 1. The molecule has 0 aliphatic carbocycles. The molecular weight excluding hydrogens is 376 g/mol. The van der Waals surface area contributed by atoms with Gasteiger partial charge < -0.3 is 15.2 Å². The van der Waals surface area contributed by atoms with Crippen molar-refractivity contribution in [3.05, 3.63) is 76.1 Å². The molecular formula is C21H17ClN4O2. The molecule has 3 aromatic rings. The highest BCUT2D eigenvalue weighted by Gasteiger charge is 2.35. The second-order valence-corrected chi connectivity index (χ2v) is 6.69. The SMILES string of the molecule is CCOc1ccc(-c2[nH]nc3c2C(c2cccc(Cl)c2)C(C#N)=C(N)O3)cc1. The van der Waals surface area contributed by atoms with Gasteiger partial charge in [0, 0.05) is 10.6 Å². The van der Waals surface area contributed by atoms with Gasteiger partial charge in [-0.1, -0.05) is 23.7 Å². The molecule has 3 N–H and O–H groups in total. The van der Waals surface area contributed by atoms with E-state index < -0.39 is 5.92 Å². The van der Waals surface area contributed by atoms with Crippen LogP contribution in [0.2, 0.25) is 5.02 Å². The van der Waals surface area contributed by atoms with Crippen molar-refractivity contribution in [1.29, 1.82) is 5.26 Å². The zero-order chi connectivity index (χ0) is 19.7. The van der Waals surface area contributed by atoms with Crippen LogP contribution in [-0.2, 0) is 0 Å². The molecule has 0 bridgehead atoms. The molecule has 1 aliphatic rings. The van der Waals surface area contributed by atoms with E-state index in [9.17, 15) is 5.26 Å². The lowest BCUT2D eigenvalue weighted by Crippen LogP contribution is -2.21. The van der Waals surface area contributed by atoms with Crippen molar-refractivity contribution in [1.82, 2.24) is 10.2 Å². The average Bonchev–Trinajstić information content (AvgIpc) is 3.11. The first-order valence-electron chi connectivity index (χ1n) is 8.77. The maximum atomic E-state index is 9.73. The number of nitriles is 1. The molecule has 2 heterocycles. The third-order valence-electron chi connectivity index (χ3n) is 4.57. The molecule has 0 fully saturated rings. The van der Waals surface area contributed by atoms with Gasteiger partial charge in [0.25, 0.3) is 0 Å². The summed E-state index contributed by atoms with van der Waals surface area (Å²) in [5.74, 6) is 0.743. The quantitative estimate of drug-likeness (QED) is 0.688. The van der Waals surface area contributed by atoms with Crippen molar-refractivity contribution in [3.63, 3.8) is 0 Å². The lowest BCUT2D eigenvalue weighted by Gasteiger charge is -2.24. The predicted molar refractivity (Wildman–Crippen MR) is 106 cm³/mol. The van der Waals surface area contributed by atoms with Crippen LogP contribution in [0, 0.1) is 11.3 Å². The number of aromatic amines is 1. The molecule has 0 amide bonds. The zero-order valence-corrected chi connectivity index (χ0v) is 15.8. The molecule has 0 radical (unpaired) electrons. The number of nitrogens with zero attached hydrogens (tertiary/aromatic N) is 2. The van der Waals surface area contributed by atoms with Crippen LogP contribution in [0.1, 0.15) is 24.0 Å². The summed E-state index contributed by atoms with van der Waals surface area (Å²) < 4.78 is 11.1. The molecule has 2 aromatic carbocycles. The number of rotatable bonds is 4. The fourth-order valence-corrected chi connectivity index (χ4v) is 3.57. The summed E-state index contributed by atoms with van der Waals surface area (Å²) in [5.41, 5.74) is 9.56. The minimum atomic E-state index is -0.437. The summed E-state index contributed by atoms with van der Waals surface area (Å²) in [5, 5.41) is 17.6. The zero-order valence-electron chi connectivity index (χ0n) is 15.1. The number of hydrogen-bond acceptors (Lipinski definition) is 5. The van der Waals surface area contributed by atoms with Gasteiger partial charge in [0.2, 0.25) is 11.8 Å². The fourth-order valence-electron chi connectivity index (χ4n) is 3.37. The molecule has 1 unspecified atom stereocenters. The number of aromatic nitrogens is 2. The maximum absolute atomic E-state index is 9.73. The minimum Gasteiger partial charge on any atom is -0.494 e. The molecule has 4 rings (SSSR count). The van der Waals surface area contributed by atoms with Crippen LogP contribution in [0.3, 0.4) is 0 Å². The Hall–Kier alpha value is -3.43. The van der Waals surface area contributed by atoms with E-state index >= 15 is 0 Å². The number of H-pyrrole nitrogens is 1. The van der Waals surface area contributed by atoms with Crippen LogP contribution in [0.4, 0.5) is 0 Å². The highest BCUT2D eigenvalue weighted by Crippen LogP contribution is 2.46. The van der Waals surface area contributed by atoms with E-state index in [0.29, 0.717) is 23.1 Å². The van der Waals surface area contributed by atoms with Gasteiger partial charge >= 0.3 is 0 Å². The standard InChI is InChI=1S/C21H17ClN4O2/c1-2-27-15-8-6-12(7-9-15)19-18-17(13-4-3-5-14(22)10-13)16(11-23)20(24)28-21(18)26-25-19/h3-10,17H,2,24H2,1H3,(H,25,26). The summed E-state index contributed by atoms with van der Waals surface area (Å²) >= 11 is 6.20. The first-order valence-corrected chi connectivity index (χ1v) is 9.14. The topological polar surface area (TPSA) is 97.0 Å². The second kappa shape index (κ2) is 7.29. The number of nitrogens with one attached hydrogen (secondary N) is 1. The molecule has 1 aromatic heterocycles. The predicted octanol–water partition coefficient (Wildman–Crippen LogP) is 4.35. The molecule has 0 spiro atoms. The third-order valence-corrected chi connectivity index (χ3v) is 4.81. The Bertz CT molecular complexity index is 1100. The molecule has 0 saturated carbocycles. The van der Waals surface area contributed by atoms with Crippen molar-refractivity contribution in [3.8, 4) is 29.0 Å². The van der Waals surface area contributed by atoms with Crippen LogP contribution < -0.4 is 15.2 Å². The number of ether oxygens (including phenoxy) is 2. The van der Waals surface area contributed by atoms with Crippen LogP contribution in [0.15, 0.2) is 60.0 Å². The van der Waals surface area contributed by atoms with Gasteiger partial charge in [-0.15, -0.1) is 5.10 Å². The molecule has 1 aliphatic heterocycles. The van der Waals surface area contributed by atoms with E-state index in [-0.39, 0.29) is 5.88 Å². The Morgan fingerprint density at radius 2 is 2.07 bits per heavy atom. The molecule has 6 nitrogen and oxygen atoms in total. The molecule has 7 heteroatoms. The average molecular weight is 393 g/mol. The first kappa shape index (κ1) is 18.0. The van der Waals surface area contributed by atoms with Gasteiger partial charge in [-0.05, 0) is 48.9 Å². The Morgan fingerprint density at radius 3 is 2.75 bits per heavy atom. The Kier molecular flexibility index (Phi) is 4.68. The highest BCUT2D eigenvalue weighted by molar-refractivity contribution is 6.30.